The Balaban J connectivity index is 1.84. The molecule has 0 aliphatic rings. The second-order valence-corrected chi connectivity index (χ2v) is 7.73. The van der Waals surface area contributed by atoms with Crippen LogP contribution in [0.2, 0.25) is 0 Å². The fraction of sp³-hybridized carbons (Fsp3) is 0.263. The van der Waals surface area contributed by atoms with E-state index in [-0.39, 0.29) is 24.0 Å². The van der Waals surface area contributed by atoms with Crippen LogP contribution in [0.1, 0.15) is 29.7 Å². The quantitative estimate of drug-likeness (QED) is 0.697. The van der Waals surface area contributed by atoms with Crippen molar-refractivity contribution in [1.82, 2.24) is 5.32 Å². The number of hydrogen-bond acceptors (Lipinski definition) is 5. The number of carbonyl (C=O) groups is 2. The number of amides is 1. The first kappa shape index (κ1) is 20.6. The fourth-order valence-corrected chi connectivity index (χ4v) is 2.99. The number of nitrogens with two attached hydrogens (primary N) is 1. The summed E-state index contributed by atoms with van der Waals surface area (Å²) >= 11 is 0. The van der Waals surface area contributed by atoms with Crippen molar-refractivity contribution in [2.45, 2.75) is 31.2 Å². The molecule has 0 aromatic heterocycles. The van der Waals surface area contributed by atoms with Crippen LogP contribution in [0.3, 0.4) is 0 Å². The number of ether oxygens (including phenoxy) is 1. The summed E-state index contributed by atoms with van der Waals surface area (Å²) < 4.78 is 27.5. The maximum atomic E-state index is 12.0. The minimum Gasteiger partial charge on any atom is -0.455 e. The van der Waals surface area contributed by atoms with Crippen LogP contribution >= 0.6 is 0 Å². The molecule has 144 valence electrons. The van der Waals surface area contributed by atoms with Gasteiger partial charge in [-0.25, -0.2) is 13.6 Å². The third-order valence-electron chi connectivity index (χ3n) is 4.05. The molecule has 27 heavy (non-hydrogen) atoms. The lowest BCUT2D eigenvalue weighted by atomic mass is 10.1. The van der Waals surface area contributed by atoms with E-state index in [1.807, 2.05) is 31.2 Å². The van der Waals surface area contributed by atoms with Crippen molar-refractivity contribution in [3.63, 3.8) is 0 Å². The van der Waals surface area contributed by atoms with Crippen LogP contribution in [-0.2, 0) is 30.8 Å². The number of primary sulfonamides is 1. The molecular formula is C19H22N2O5S. The van der Waals surface area contributed by atoms with Gasteiger partial charge < -0.3 is 10.1 Å². The summed E-state index contributed by atoms with van der Waals surface area (Å²) in [6, 6.07) is 12.9. The van der Waals surface area contributed by atoms with Crippen molar-refractivity contribution in [2.24, 2.45) is 5.14 Å². The molecule has 0 aliphatic carbocycles. The molecule has 0 saturated heterocycles. The molecule has 1 amide bonds. The Morgan fingerprint density at radius 1 is 1.11 bits per heavy atom. The van der Waals surface area contributed by atoms with Gasteiger partial charge in [0.1, 0.15) is 0 Å². The van der Waals surface area contributed by atoms with Crippen molar-refractivity contribution in [2.75, 3.05) is 6.61 Å². The molecule has 0 unspecified atom stereocenters. The molecule has 0 aliphatic heterocycles. The van der Waals surface area contributed by atoms with E-state index in [1.165, 1.54) is 12.1 Å². The average molecular weight is 390 g/mol. The van der Waals surface area contributed by atoms with Gasteiger partial charge in [-0.2, -0.15) is 0 Å². The molecular weight excluding hydrogens is 368 g/mol. The Bertz CT molecular complexity index is 923. The molecule has 0 heterocycles. The largest absolute Gasteiger partial charge is 0.455 e. The Hall–Kier alpha value is -2.71. The normalized spacial score (nSPS) is 12.3. The highest BCUT2D eigenvalue weighted by molar-refractivity contribution is 7.89. The van der Waals surface area contributed by atoms with Gasteiger partial charge in [0.15, 0.2) is 6.61 Å². The molecule has 2 rings (SSSR count). The van der Waals surface area contributed by atoms with E-state index in [4.69, 9.17) is 9.88 Å². The van der Waals surface area contributed by atoms with E-state index in [0.717, 1.165) is 11.1 Å². The second kappa shape index (κ2) is 8.79. The summed E-state index contributed by atoms with van der Waals surface area (Å²) in [4.78, 5) is 23.9. The fourth-order valence-electron chi connectivity index (χ4n) is 2.47. The smallest absolute Gasteiger partial charge is 0.310 e. The minimum atomic E-state index is -3.76. The number of rotatable bonds is 7. The molecule has 0 fully saturated rings. The van der Waals surface area contributed by atoms with Crippen LogP contribution in [0.5, 0.6) is 0 Å². The first-order valence-electron chi connectivity index (χ1n) is 8.29. The lowest BCUT2D eigenvalue weighted by Crippen LogP contribution is -2.31. The lowest BCUT2D eigenvalue weighted by molar-refractivity contribution is -0.148. The topological polar surface area (TPSA) is 116 Å². The number of carbonyl (C=O) groups excluding carboxylic acids is 2. The van der Waals surface area contributed by atoms with Crippen LogP contribution in [0.25, 0.3) is 0 Å². The highest BCUT2D eigenvalue weighted by Gasteiger charge is 2.14. The summed E-state index contributed by atoms with van der Waals surface area (Å²) in [6.07, 6.45) is 0.102. The maximum absolute atomic E-state index is 12.0. The van der Waals surface area contributed by atoms with Crippen LogP contribution in [0.4, 0.5) is 0 Å². The predicted octanol–water partition coefficient (Wildman–Crippen LogP) is 1.61. The van der Waals surface area contributed by atoms with Crippen molar-refractivity contribution in [3.8, 4) is 0 Å². The van der Waals surface area contributed by atoms with Gasteiger partial charge in [0, 0.05) is 0 Å². The molecule has 7 nitrogen and oxygen atoms in total. The zero-order chi connectivity index (χ0) is 20.0. The molecule has 8 heteroatoms. The van der Waals surface area contributed by atoms with Gasteiger partial charge in [-0.3, -0.25) is 9.59 Å². The highest BCUT2D eigenvalue weighted by atomic mass is 32.2. The molecule has 0 spiro atoms. The maximum Gasteiger partial charge on any atom is 0.310 e. The zero-order valence-corrected chi connectivity index (χ0v) is 16.0. The van der Waals surface area contributed by atoms with E-state index >= 15 is 0 Å². The molecule has 2 aromatic rings. The van der Waals surface area contributed by atoms with Gasteiger partial charge in [-0.05, 0) is 42.7 Å². The number of hydrogen-bond donors (Lipinski definition) is 2. The second-order valence-electron chi connectivity index (χ2n) is 6.17. The third kappa shape index (κ3) is 6.19. The van der Waals surface area contributed by atoms with Gasteiger partial charge in [-0.15, -0.1) is 0 Å². The molecule has 1 atom stereocenters. The van der Waals surface area contributed by atoms with E-state index in [2.05, 4.69) is 5.32 Å². The molecule has 0 radical (unpaired) electrons. The first-order chi connectivity index (χ1) is 12.7. The number of esters is 1. The van der Waals surface area contributed by atoms with Gasteiger partial charge in [0.25, 0.3) is 5.91 Å². The number of benzene rings is 2. The third-order valence-corrected chi connectivity index (χ3v) is 4.98. The molecule has 0 saturated carbocycles. The highest BCUT2D eigenvalue weighted by Crippen LogP contribution is 2.15. The lowest BCUT2D eigenvalue weighted by Gasteiger charge is -2.15. The minimum absolute atomic E-state index is 0.00471. The Morgan fingerprint density at radius 2 is 1.74 bits per heavy atom. The van der Waals surface area contributed by atoms with Crippen molar-refractivity contribution < 1.29 is 22.7 Å². The summed E-state index contributed by atoms with van der Waals surface area (Å²) in [7, 11) is -3.76. The van der Waals surface area contributed by atoms with E-state index in [1.54, 1.807) is 19.1 Å². The van der Waals surface area contributed by atoms with E-state index in [9.17, 15) is 18.0 Å². The first-order valence-corrected chi connectivity index (χ1v) is 9.83. The molecule has 3 N–H and O–H groups in total. The standard InChI is InChI=1S/C19H22N2O5S/c1-13-5-3-4-6-16(13)11-19(23)26-12-18(22)21-14(2)15-7-9-17(10-8-15)27(20,24)25/h3-10,14H,11-12H2,1-2H3,(H,21,22)(H2,20,24,25)/t14-/m0/s1. The zero-order valence-electron chi connectivity index (χ0n) is 15.1. The number of nitrogens with one attached hydrogen (secondary N) is 1. The van der Waals surface area contributed by atoms with Gasteiger partial charge >= 0.3 is 5.97 Å². The number of aryl methyl sites for hydroxylation is 1. The van der Waals surface area contributed by atoms with Crippen LogP contribution in [0.15, 0.2) is 53.4 Å². The summed E-state index contributed by atoms with van der Waals surface area (Å²) in [5.74, 6) is -0.930. The predicted molar refractivity (Wildman–Crippen MR) is 100 cm³/mol. The van der Waals surface area contributed by atoms with E-state index in [0.29, 0.717) is 5.56 Å². The van der Waals surface area contributed by atoms with Crippen LogP contribution in [0, 0.1) is 6.92 Å². The van der Waals surface area contributed by atoms with Crippen molar-refractivity contribution in [1.29, 1.82) is 0 Å². The Kier molecular flexibility index (Phi) is 6.70. The molecule has 2 aromatic carbocycles. The van der Waals surface area contributed by atoms with Crippen LogP contribution < -0.4 is 10.5 Å². The van der Waals surface area contributed by atoms with E-state index < -0.39 is 21.9 Å². The SMILES string of the molecule is Cc1ccccc1CC(=O)OCC(=O)N[C@@H](C)c1ccc(S(N)(=O)=O)cc1. The van der Waals surface area contributed by atoms with Gasteiger partial charge in [0.05, 0.1) is 17.4 Å². The van der Waals surface area contributed by atoms with Crippen molar-refractivity contribution in [3.05, 3.63) is 65.2 Å². The molecule has 0 bridgehead atoms. The summed E-state index contributed by atoms with van der Waals surface area (Å²) in [5, 5.41) is 7.74. The average Bonchev–Trinajstić information content (AvgIpc) is 2.61. The summed E-state index contributed by atoms with van der Waals surface area (Å²) in [5.41, 5.74) is 2.53. The van der Waals surface area contributed by atoms with Crippen molar-refractivity contribution >= 4 is 21.9 Å². The monoisotopic (exact) mass is 390 g/mol. The van der Waals surface area contributed by atoms with Crippen LogP contribution in [-0.4, -0.2) is 26.9 Å². The Labute approximate surface area is 158 Å². The number of sulfonamides is 1. The summed E-state index contributed by atoms with van der Waals surface area (Å²) in [6.45, 7) is 3.25. The van der Waals surface area contributed by atoms with Gasteiger partial charge in [0.2, 0.25) is 10.0 Å². The Morgan fingerprint density at radius 3 is 2.33 bits per heavy atom. The van der Waals surface area contributed by atoms with Gasteiger partial charge in [-0.1, -0.05) is 36.4 Å².